The van der Waals surface area contributed by atoms with Crippen LogP contribution >= 0.6 is 22.9 Å². The third-order valence-corrected chi connectivity index (χ3v) is 2.22. The number of carboxylic acids is 1. The first-order valence-corrected chi connectivity index (χ1v) is 4.09. The van der Waals surface area contributed by atoms with Gasteiger partial charge < -0.3 is 5.11 Å². The molecule has 1 aromatic rings. The average Bonchev–Trinajstić information content (AvgIpc) is 2.31. The van der Waals surface area contributed by atoms with Gasteiger partial charge in [-0.1, -0.05) is 11.6 Å². The molecule has 0 aliphatic carbocycles. The van der Waals surface area contributed by atoms with Crippen molar-refractivity contribution >= 4 is 35.0 Å². The molecule has 0 unspecified atom stereocenters. The summed E-state index contributed by atoms with van der Waals surface area (Å²) in [5.41, 5.74) is 0. The maximum absolute atomic E-state index is 10.1. The maximum atomic E-state index is 10.1. The van der Waals surface area contributed by atoms with Crippen molar-refractivity contribution in [3.8, 4) is 0 Å². The zero-order chi connectivity index (χ0) is 8.27. The van der Waals surface area contributed by atoms with E-state index in [-0.39, 0.29) is 0 Å². The summed E-state index contributed by atoms with van der Waals surface area (Å²) in [5.74, 6) is -0.950. The molecule has 0 aliphatic heterocycles. The van der Waals surface area contributed by atoms with Crippen molar-refractivity contribution in [1.82, 2.24) is 0 Å². The summed E-state index contributed by atoms with van der Waals surface area (Å²) in [7, 11) is 0. The van der Waals surface area contributed by atoms with E-state index >= 15 is 0 Å². The van der Waals surface area contributed by atoms with Crippen LogP contribution in [-0.4, -0.2) is 11.1 Å². The Morgan fingerprint density at radius 2 is 2.45 bits per heavy atom. The molecule has 0 fully saturated rings. The van der Waals surface area contributed by atoms with Crippen LogP contribution in [0.25, 0.3) is 6.08 Å². The monoisotopic (exact) mass is 188 g/mol. The minimum atomic E-state index is -0.950. The number of hydrogen-bond donors (Lipinski definition) is 1. The minimum absolute atomic E-state index is 0.639. The lowest BCUT2D eigenvalue weighted by atomic mass is 10.4. The highest BCUT2D eigenvalue weighted by Gasteiger charge is 1.93. The summed E-state index contributed by atoms with van der Waals surface area (Å²) in [5, 5.41) is 10.7. The van der Waals surface area contributed by atoms with E-state index in [1.807, 2.05) is 0 Å². The van der Waals surface area contributed by atoms with E-state index in [0.717, 1.165) is 11.0 Å². The van der Waals surface area contributed by atoms with Crippen molar-refractivity contribution in [2.45, 2.75) is 0 Å². The molecule has 1 aromatic heterocycles. The largest absolute Gasteiger partial charge is 0.478 e. The zero-order valence-electron chi connectivity index (χ0n) is 5.45. The third kappa shape index (κ3) is 2.74. The van der Waals surface area contributed by atoms with Gasteiger partial charge in [0.25, 0.3) is 0 Å². The van der Waals surface area contributed by atoms with Gasteiger partial charge in [0.05, 0.1) is 5.02 Å². The van der Waals surface area contributed by atoms with E-state index in [9.17, 15) is 4.79 Å². The molecule has 0 atom stereocenters. The number of carbonyl (C=O) groups is 1. The molecule has 0 amide bonds. The SMILES string of the molecule is O=C(O)C=Cc1cc(Cl)cs1. The molecule has 0 saturated carbocycles. The predicted molar refractivity (Wildman–Crippen MR) is 46.0 cm³/mol. The molecule has 58 valence electrons. The molecule has 11 heavy (non-hydrogen) atoms. The number of thiophene rings is 1. The fraction of sp³-hybridized carbons (Fsp3) is 0. The minimum Gasteiger partial charge on any atom is -0.478 e. The highest BCUT2D eigenvalue weighted by atomic mass is 35.5. The van der Waals surface area contributed by atoms with Gasteiger partial charge in [-0.3, -0.25) is 0 Å². The fourth-order valence-electron chi connectivity index (χ4n) is 0.569. The molecule has 1 heterocycles. The quantitative estimate of drug-likeness (QED) is 0.725. The molecule has 0 aliphatic rings. The molecule has 0 radical (unpaired) electrons. The molecule has 1 N–H and O–H groups in total. The molecule has 4 heteroatoms. The summed E-state index contributed by atoms with van der Waals surface area (Å²) in [6, 6.07) is 1.71. The van der Waals surface area contributed by atoms with Crippen molar-refractivity contribution in [3.63, 3.8) is 0 Å². The Morgan fingerprint density at radius 3 is 2.91 bits per heavy atom. The van der Waals surface area contributed by atoms with Gasteiger partial charge in [0, 0.05) is 16.3 Å². The number of hydrogen-bond acceptors (Lipinski definition) is 2. The van der Waals surface area contributed by atoms with Crippen LogP contribution in [0.15, 0.2) is 17.5 Å². The predicted octanol–water partition coefficient (Wildman–Crippen LogP) is 2.50. The summed E-state index contributed by atoms with van der Waals surface area (Å²) < 4.78 is 0. The highest BCUT2D eigenvalue weighted by molar-refractivity contribution is 7.11. The average molecular weight is 189 g/mol. The van der Waals surface area contributed by atoms with E-state index in [1.165, 1.54) is 17.4 Å². The van der Waals surface area contributed by atoms with Crippen molar-refractivity contribution in [2.24, 2.45) is 0 Å². The second kappa shape index (κ2) is 3.55. The van der Waals surface area contributed by atoms with Gasteiger partial charge >= 0.3 is 5.97 Å². The van der Waals surface area contributed by atoms with Crippen LogP contribution in [0.2, 0.25) is 5.02 Å². The molecular formula is C7H5ClO2S. The second-order valence-electron chi connectivity index (χ2n) is 1.84. The summed E-state index contributed by atoms with van der Waals surface area (Å²) in [6.45, 7) is 0. The van der Waals surface area contributed by atoms with Gasteiger partial charge in [-0.15, -0.1) is 11.3 Å². The molecular weight excluding hydrogens is 184 g/mol. The number of rotatable bonds is 2. The van der Waals surface area contributed by atoms with Gasteiger partial charge in [-0.2, -0.15) is 0 Å². The van der Waals surface area contributed by atoms with Crippen LogP contribution < -0.4 is 0 Å². The first-order valence-electron chi connectivity index (χ1n) is 2.83. The number of carboxylic acid groups (broad SMARTS) is 1. The first kappa shape index (κ1) is 8.30. The van der Waals surface area contributed by atoms with Crippen molar-refractivity contribution in [1.29, 1.82) is 0 Å². The Kier molecular flexibility index (Phi) is 2.68. The molecule has 0 bridgehead atoms. The third-order valence-electron chi connectivity index (χ3n) is 0.978. The van der Waals surface area contributed by atoms with Crippen LogP contribution in [0.1, 0.15) is 4.88 Å². The Hall–Kier alpha value is -0.800. The highest BCUT2D eigenvalue weighted by Crippen LogP contribution is 2.19. The first-order chi connectivity index (χ1) is 5.18. The summed E-state index contributed by atoms with van der Waals surface area (Å²) in [6.07, 6.45) is 2.60. The van der Waals surface area contributed by atoms with E-state index in [1.54, 1.807) is 11.4 Å². The van der Waals surface area contributed by atoms with Crippen molar-refractivity contribution in [3.05, 3.63) is 27.4 Å². The van der Waals surface area contributed by atoms with Gasteiger partial charge in [0.2, 0.25) is 0 Å². The second-order valence-corrected chi connectivity index (χ2v) is 3.22. The standard InChI is InChI=1S/C7H5ClO2S/c8-5-3-6(11-4-5)1-2-7(9)10/h1-4H,(H,9,10). The number of aliphatic carboxylic acids is 1. The van der Waals surface area contributed by atoms with Crippen LogP contribution in [-0.2, 0) is 4.79 Å². The van der Waals surface area contributed by atoms with Crippen molar-refractivity contribution < 1.29 is 9.90 Å². The van der Waals surface area contributed by atoms with Gasteiger partial charge in [-0.25, -0.2) is 4.79 Å². The molecule has 0 saturated heterocycles. The topological polar surface area (TPSA) is 37.3 Å². The van der Waals surface area contributed by atoms with E-state index in [4.69, 9.17) is 16.7 Å². The van der Waals surface area contributed by atoms with E-state index in [2.05, 4.69) is 0 Å². The molecule has 1 rings (SSSR count). The lowest BCUT2D eigenvalue weighted by Crippen LogP contribution is -1.84. The summed E-state index contributed by atoms with van der Waals surface area (Å²) in [4.78, 5) is 10.9. The Labute approximate surface area is 72.7 Å². The molecule has 0 spiro atoms. The lowest BCUT2D eigenvalue weighted by molar-refractivity contribution is -0.131. The van der Waals surface area contributed by atoms with Gasteiger partial charge in [0.15, 0.2) is 0 Å². The Bertz CT molecular complexity index is 290. The number of halogens is 1. The summed E-state index contributed by atoms with van der Waals surface area (Å²) >= 11 is 7.01. The molecule has 0 aromatic carbocycles. The maximum Gasteiger partial charge on any atom is 0.328 e. The van der Waals surface area contributed by atoms with Gasteiger partial charge in [-0.05, 0) is 12.1 Å². The van der Waals surface area contributed by atoms with Crippen LogP contribution in [0.4, 0.5) is 0 Å². The van der Waals surface area contributed by atoms with Crippen LogP contribution in [0.5, 0.6) is 0 Å². The Balaban J connectivity index is 2.71. The smallest absolute Gasteiger partial charge is 0.328 e. The van der Waals surface area contributed by atoms with Crippen LogP contribution in [0, 0.1) is 0 Å². The fourth-order valence-corrected chi connectivity index (χ4v) is 1.54. The van der Waals surface area contributed by atoms with Crippen LogP contribution in [0.3, 0.4) is 0 Å². The Morgan fingerprint density at radius 1 is 1.73 bits per heavy atom. The molecule has 2 nitrogen and oxygen atoms in total. The van der Waals surface area contributed by atoms with Crippen molar-refractivity contribution in [2.75, 3.05) is 0 Å². The normalized spacial score (nSPS) is 10.6. The zero-order valence-corrected chi connectivity index (χ0v) is 7.02. The lowest BCUT2D eigenvalue weighted by Gasteiger charge is -1.79. The van der Waals surface area contributed by atoms with E-state index in [0.29, 0.717) is 5.02 Å². The van der Waals surface area contributed by atoms with E-state index < -0.39 is 5.97 Å². The van der Waals surface area contributed by atoms with Gasteiger partial charge in [0.1, 0.15) is 0 Å².